The van der Waals surface area contributed by atoms with Crippen LogP contribution in [0.1, 0.15) is 5.56 Å². The molecule has 2 aromatic carbocycles. The molecule has 0 radical (unpaired) electrons. The predicted octanol–water partition coefficient (Wildman–Crippen LogP) is 2.99. The molecule has 0 aromatic heterocycles. The summed E-state index contributed by atoms with van der Waals surface area (Å²) in [5.74, 6) is -0.515. The minimum absolute atomic E-state index is 0.102. The van der Waals surface area contributed by atoms with Crippen molar-refractivity contribution >= 4 is 17.6 Å². The molecule has 0 amide bonds. The second-order valence-corrected chi connectivity index (χ2v) is 4.93. The van der Waals surface area contributed by atoms with Gasteiger partial charge in [0.1, 0.15) is 11.4 Å². The number of benzene rings is 2. The summed E-state index contributed by atoms with van der Waals surface area (Å²) in [7, 11) is 2.41. The molecule has 132 valence electrons. The van der Waals surface area contributed by atoms with E-state index in [1.165, 1.54) is 14.2 Å². The van der Waals surface area contributed by atoms with E-state index in [4.69, 9.17) is 10.00 Å². The van der Waals surface area contributed by atoms with Crippen molar-refractivity contribution in [2.45, 2.75) is 0 Å². The molecule has 0 aliphatic carbocycles. The number of carbonyl (C=O) groups is 2. The molecule has 0 unspecified atom stereocenters. The Morgan fingerprint density at radius 2 is 1.73 bits per heavy atom. The second kappa shape index (κ2) is 8.89. The fourth-order valence-electron chi connectivity index (χ4n) is 1.96. The average molecular weight is 352 g/mol. The van der Waals surface area contributed by atoms with E-state index in [2.05, 4.69) is 14.8 Å². The zero-order valence-corrected chi connectivity index (χ0v) is 14.2. The van der Waals surface area contributed by atoms with Crippen molar-refractivity contribution in [3.63, 3.8) is 0 Å². The number of hydrogen-bond acceptors (Lipinski definition) is 7. The highest BCUT2D eigenvalue weighted by Gasteiger charge is 2.15. The van der Waals surface area contributed by atoms with Crippen LogP contribution < -0.4 is 10.1 Å². The minimum atomic E-state index is -0.733. The average Bonchev–Trinajstić information content (AvgIpc) is 2.68. The third kappa shape index (κ3) is 4.85. The molecular weight excluding hydrogens is 336 g/mol. The van der Waals surface area contributed by atoms with Gasteiger partial charge in [-0.15, -0.1) is 0 Å². The molecule has 0 aliphatic heterocycles. The third-order valence-electron chi connectivity index (χ3n) is 3.24. The fourth-order valence-corrected chi connectivity index (χ4v) is 1.96. The van der Waals surface area contributed by atoms with Gasteiger partial charge in [-0.2, -0.15) is 5.26 Å². The minimum Gasteiger partial charge on any atom is -0.466 e. The van der Waals surface area contributed by atoms with E-state index in [1.54, 1.807) is 48.5 Å². The molecule has 1 N–H and O–H groups in total. The highest BCUT2D eigenvalue weighted by molar-refractivity contribution is 5.99. The van der Waals surface area contributed by atoms with Crippen LogP contribution in [-0.4, -0.2) is 26.2 Å². The Kier molecular flexibility index (Phi) is 6.34. The van der Waals surface area contributed by atoms with Crippen LogP contribution in [0.25, 0.3) is 0 Å². The van der Waals surface area contributed by atoms with E-state index >= 15 is 0 Å². The monoisotopic (exact) mass is 352 g/mol. The topological polar surface area (TPSA) is 97.6 Å². The summed E-state index contributed by atoms with van der Waals surface area (Å²) in [5.41, 5.74) is 0.852. The zero-order chi connectivity index (χ0) is 18.9. The zero-order valence-electron chi connectivity index (χ0n) is 14.2. The van der Waals surface area contributed by atoms with Gasteiger partial charge in [0, 0.05) is 0 Å². The van der Waals surface area contributed by atoms with E-state index in [0.717, 1.165) is 6.08 Å². The summed E-state index contributed by atoms with van der Waals surface area (Å²) in [6.45, 7) is 0. The predicted molar refractivity (Wildman–Crippen MR) is 93.4 cm³/mol. The first kappa shape index (κ1) is 18.5. The van der Waals surface area contributed by atoms with Gasteiger partial charge in [-0.05, 0) is 36.4 Å². The van der Waals surface area contributed by atoms with Gasteiger partial charge in [-0.1, -0.05) is 12.1 Å². The van der Waals surface area contributed by atoms with E-state index in [1.807, 2.05) is 6.07 Å². The summed E-state index contributed by atoms with van der Waals surface area (Å²) in [4.78, 5) is 23.3. The molecule has 0 atom stereocenters. The van der Waals surface area contributed by atoms with Gasteiger partial charge in [0.05, 0.1) is 37.6 Å². The number of hydrogen-bond donors (Lipinski definition) is 1. The number of nitrogens with one attached hydrogen (secondary N) is 1. The number of nitriles is 1. The molecule has 0 saturated heterocycles. The molecular formula is C19H16N2O5. The van der Waals surface area contributed by atoms with Gasteiger partial charge in [0.2, 0.25) is 0 Å². The van der Waals surface area contributed by atoms with Crippen LogP contribution in [0.4, 0.5) is 5.69 Å². The lowest BCUT2D eigenvalue weighted by molar-refractivity contribution is -0.138. The summed E-state index contributed by atoms with van der Waals surface area (Å²) < 4.78 is 15.0. The number of nitrogens with zero attached hydrogens (tertiary/aromatic N) is 1. The van der Waals surface area contributed by atoms with Gasteiger partial charge in [0.25, 0.3) is 0 Å². The molecule has 0 aliphatic rings. The first-order valence-electron chi connectivity index (χ1n) is 7.49. The Morgan fingerprint density at radius 1 is 1.04 bits per heavy atom. The Balaban J connectivity index is 2.29. The Labute approximate surface area is 150 Å². The van der Waals surface area contributed by atoms with E-state index in [-0.39, 0.29) is 5.70 Å². The molecule has 0 fully saturated rings. The number of esters is 2. The van der Waals surface area contributed by atoms with Crippen LogP contribution in [-0.2, 0) is 19.1 Å². The number of methoxy groups -OCH3 is 2. The molecule has 26 heavy (non-hydrogen) atoms. The number of para-hydroxylation sites is 2. The van der Waals surface area contributed by atoms with Crippen molar-refractivity contribution in [3.05, 3.63) is 65.9 Å². The van der Waals surface area contributed by atoms with E-state index < -0.39 is 11.9 Å². The van der Waals surface area contributed by atoms with E-state index in [9.17, 15) is 9.59 Å². The summed E-state index contributed by atoms with van der Waals surface area (Å²) in [6, 6.07) is 15.4. The van der Waals surface area contributed by atoms with Gasteiger partial charge in [-0.25, -0.2) is 9.59 Å². The SMILES string of the molecule is COC(=O)/C=C(/Nc1ccccc1Oc1ccc(C#N)cc1)C(=O)OC. The summed E-state index contributed by atoms with van der Waals surface area (Å²) in [6.07, 6.45) is 0.990. The third-order valence-corrected chi connectivity index (χ3v) is 3.24. The lowest BCUT2D eigenvalue weighted by Gasteiger charge is -2.14. The van der Waals surface area contributed by atoms with Crippen molar-refractivity contribution in [1.82, 2.24) is 0 Å². The van der Waals surface area contributed by atoms with E-state index in [0.29, 0.717) is 22.7 Å². The van der Waals surface area contributed by atoms with Crippen LogP contribution >= 0.6 is 0 Å². The van der Waals surface area contributed by atoms with Crippen LogP contribution in [0.15, 0.2) is 60.3 Å². The highest BCUT2D eigenvalue weighted by Crippen LogP contribution is 2.30. The number of rotatable bonds is 6. The Hall–Kier alpha value is -3.79. The smallest absolute Gasteiger partial charge is 0.354 e. The van der Waals surface area contributed by atoms with Crippen molar-refractivity contribution < 1.29 is 23.8 Å². The summed E-state index contributed by atoms with van der Waals surface area (Å²) in [5, 5.41) is 11.7. The lowest BCUT2D eigenvalue weighted by Crippen LogP contribution is -2.15. The molecule has 7 nitrogen and oxygen atoms in total. The Bertz CT molecular complexity index is 866. The second-order valence-electron chi connectivity index (χ2n) is 4.93. The number of ether oxygens (including phenoxy) is 3. The molecule has 0 bridgehead atoms. The molecule has 7 heteroatoms. The maximum absolute atomic E-state index is 11.9. The molecule has 0 saturated carbocycles. The lowest BCUT2D eigenvalue weighted by atomic mass is 10.2. The number of anilines is 1. The standard InChI is InChI=1S/C19H16N2O5/c1-24-18(22)11-16(19(23)25-2)21-15-5-3-4-6-17(15)26-14-9-7-13(12-20)8-10-14/h3-11,21H,1-2H3/b16-11+. The summed E-state index contributed by atoms with van der Waals surface area (Å²) >= 11 is 0. The molecule has 0 heterocycles. The van der Waals surface area contributed by atoms with Crippen molar-refractivity contribution in [1.29, 1.82) is 5.26 Å². The van der Waals surface area contributed by atoms with Gasteiger partial charge in [0.15, 0.2) is 5.75 Å². The quantitative estimate of drug-likeness (QED) is 0.630. The van der Waals surface area contributed by atoms with Gasteiger partial charge < -0.3 is 19.5 Å². The highest BCUT2D eigenvalue weighted by atomic mass is 16.5. The molecule has 2 aromatic rings. The first-order valence-corrected chi connectivity index (χ1v) is 7.49. The normalized spacial score (nSPS) is 10.4. The maximum atomic E-state index is 11.9. The Morgan fingerprint density at radius 3 is 2.35 bits per heavy atom. The van der Waals surface area contributed by atoms with Crippen LogP contribution in [0.5, 0.6) is 11.5 Å². The van der Waals surface area contributed by atoms with Gasteiger partial charge in [-0.3, -0.25) is 0 Å². The number of carbonyl (C=O) groups excluding carboxylic acids is 2. The van der Waals surface area contributed by atoms with Crippen LogP contribution in [0.2, 0.25) is 0 Å². The van der Waals surface area contributed by atoms with Gasteiger partial charge >= 0.3 is 11.9 Å². The molecule has 0 spiro atoms. The largest absolute Gasteiger partial charge is 0.466 e. The van der Waals surface area contributed by atoms with Crippen molar-refractivity contribution in [2.24, 2.45) is 0 Å². The van der Waals surface area contributed by atoms with Crippen LogP contribution in [0, 0.1) is 11.3 Å². The van der Waals surface area contributed by atoms with Crippen LogP contribution in [0.3, 0.4) is 0 Å². The fraction of sp³-hybridized carbons (Fsp3) is 0.105. The maximum Gasteiger partial charge on any atom is 0.354 e. The molecule has 2 rings (SSSR count). The van der Waals surface area contributed by atoms with Crippen molar-refractivity contribution in [2.75, 3.05) is 19.5 Å². The van der Waals surface area contributed by atoms with Crippen molar-refractivity contribution in [3.8, 4) is 17.6 Å². The first-order chi connectivity index (χ1) is 12.6.